The number of aromatic nitrogens is 1. The normalized spacial score (nSPS) is 17.4. The molecule has 51 heavy (non-hydrogen) atoms. The summed E-state index contributed by atoms with van der Waals surface area (Å²) in [5.41, 5.74) is -0.103. The van der Waals surface area contributed by atoms with E-state index in [0.717, 1.165) is 18.5 Å². The number of anilines is 1. The molecule has 0 spiro atoms. The zero-order chi connectivity index (χ0) is 35.6. The summed E-state index contributed by atoms with van der Waals surface area (Å²) in [5.74, 6) is -1.65. The number of carbonyl (C=O) groups is 2. The molecule has 0 radical (unpaired) electrons. The number of carbonyl (C=O) groups excluding carboxylic acids is 2. The summed E-state index contributed by atoms with van der Waals surface area (Å²) in [6, 6.07) is 12.0. The summed E-state index contributed by atoms with van der Waals surface area (Å²) in [6.07, 6.45) is 2.31. The van der Waals surface area contributed by atoms with Crippen LogP contribution in [0, 0.1) is 11.7 Å². The number of ether oxygens (including phenoxy) is 2. The first-order valence-corrected chi connectivity index (χ1v) is 17.4. The number of pyridine rings is 1. The zero-order valence-corrected chi connectivity index (χ0v) is 28.8. The van der Waals surface area contributed by atoms with Crippen molar-refractivity contribution in [3.63, 3.8) is 0 Å². The van der Waals surface area contributed by atoms with E-state index in [1.165, 1.54) is 12.3 Å². The Balaban J connectivity index is 1.27. The summed E-state index contributed by atoms with van der Waals surface area (Å²) in [4.78, 5) is 57.8. The predicted octanol–water partition coefficient (Wildman–Crippen LogP) is 5.06. The van der Waals surface area contributed by atoms with Crippen molar-refractivity contribution in [3.05, 3.63) is 80.5 Å². The Hall–Kier alpha value is -5.07. The van der Waals surface area contributed by atoms with Crippen LogP contribution in [0.2, 0.25) is 0 Å². The largest absolute Gasteiger partial charge is 0.460 e. The number of fused-ring (bicyclic) bond motifs is 5. The molecule has 2 fully saturated rings. The van der Waals surface area contributed by atoms with Gasteiger partial charge >= 0.3 is 5.97 Å². The van der Waals surface area contributed by atoms with E-state index in [1.807, 2.05) is 49.9 Å². The molecule has 2 aliphatic heterocycles. The van der Waals surface area contributed by atoms with Crippen molar-refractivity contribution < 1.29 is 27.9 Å². The van der Waals surface area contributed by atoms with E-state index < -0.39 is 22.8 Å². The summed E-state index contributed by atoms with van der Waals surface area (Å²) in [7, 11) is 0. The molecule has 0 saturated carbocycles. The average molecular weight is 695 g/mol. The quantitative estimate of drug-likeness (QED) is 0.139. The molecule has 8 rings (SSSR count). The topological polar surface area (TPSA) is 123 Å². The van der Waals surface area contributed by atoms with Gasteiger partial charge in [0.2, 0.25) is 5.43 Å². The SMILES string of the molecule is CC(C)(C)OC(=O)C[C@H]1CCN(c2c(F)cc3c(=O)c(C(=O)NCCN4CCOCC4)cn4c5cc6c(cc5oc2c34)c(=O)c2ccccc26)C1. The van der Waals surface area contributed by atoms with E-state index in [0.29, 0.717) is 78.6 Å². The van der Waals surface area contributed by atoms with Gasteiger partial charge in [0.15, 0.2) is 22.4 Å². The van der Waals surface area contributed by atoms with Crippen LogP contribution in [0.1, 0.15) is 44.0 Å². The van der Waals surface area contributed by atoms with Crippen LogP contribution in [0.4, 0.5) is 10.1 Å². The minimum Gasteiger partial charge on any atom is -0.460 e. The Labute approximate surface area is 291 Å². The van der Waals surface area contributed by atoms with Crippen molar-refractivity contribution in [2.45, 2.75) is 39.2 Å². The van der Waals surface area contributed by atoms with Gasteiger partial charge in [0.05, 0.1) is 30.5 Å². The Bertz CT molecular complexity index is 2480. The van der Waals surface area contributed by atoms with Crippen molar-refractivity contribution in [2.24, 2.45) is 5.92 Å². The van der Waals surface area contributed by atoms with Crippen LogP contribution in [0.25, 0.3) is 49.1 Å². The van der Waals surface area contributed by atoms with Crippen LogP contribution >= 0.6 is 0 Å². The number of halogens is 1. The van der Waals surface area contributed by atoms with Crippen molar-refractivity contribution in [1.82, 2.24) is 14.6 Å². The molecule has 12 heteroatoms. The fourth-order valence-electron chi connectivity index (χ4n) is 7.65. The lowest BCUT2D eigenvalue weighted by Gasteiger charge is -2.26. The number of amides is 1. The number of hydrogen-bond donors (Lipinski definition) is 1. The van der Waals surface area contributed by atoms with Crippen molar-refractivity contribution >= 4 is 66.7 Å². The lowest BCUT2D eigenvalue weighted by molar-refractivity contribution is -0.155. The molecule has 0 unspecified atom stereocenters. The molecule has 0 aliphatic carbocycles. The van der Waals surface area contributed by atoms with Gasteiger partial charge in [0.25, 0.3) is 5.91 Å². The highest BCUT2D eigenvalue weighted by atomic mass is 19.1. The standard InChI is InChI=1S/C39H39FN4O7/c1-39(2,3)51-32(45)16-22-8-10-43(20-22)34-29(40)17-27-33-37(34)50-31-19-26-25(23-6-4-5-7-24(23)35(26)46)18-30(31)44(33)21-28(36(27)47)38(48)41-9-11-42-12-14-49-15-13-42/h4-7,17-19,21-22H,8-16,20H2,1-3H3,(H,41,48)/t22-/m1/s1. The lowest BCUT2D eigenvalue weighted by atomic mass is 10.0. The number of nitrogens with zero attached hydrogens (tertiary/aromatic N) is 3. The Kier molecular flexibility index (Phi) is 8.18. The molecule has 1 N–H and O–H groups in total. The van der Waals surface area contributed by atoms with Crippen LogP contribution < -0.4 is 21.1 Å². The molecule has 0 bridgehead atoms. The maximum Gasteiger partial charge on any atom is 0.306 e. The smallest absolute Gasteiger partial charge is 0.306 e. The van der Waals surface area contributed by atoms with E-state index in [4.69, 9.17) is 13.9 Å². The van der Waals surface area contributed by atoms with Crippen LogP contribution in [-0.2, 0) is 14.3 Å². The van der Waals surface area contributed by atoms with Crippen LogP contribution in [0.3, 0.4) is 0 Å². The molecule has 1 atom stereocenters. The van der Waals surface area contributed by atoms with Gasteiger partial charge < -0.3 is 28.5 Å². The molecule has 4 heterocycles. The summed E-state index contributed by atoms with van der Waals surface area (Å²) in [5, 5.41) is 5.37. The minimum absolute atomic E-state index is 0.000735. The van der Waals surface area contributed by atoms with Gasteiger partial charge in [0.1, 0.15) is 22.4 Å². The molecule has 2 aromatic heterocycles. The van der Waals surface area contributed by atoms with E-state index in [-0.39, 0.29) is 46.0 Å². The van der Waals surface area contributed by atoms with Crippen LogP contribution in [-0.4, -0.2) is 79.3 Å². The van der Waals surface area contributed by atoms with Gasteiger partial charge in [-0.15, -0.1) is 0 Å². The third-order valence-corrected chi connectivity index (χ3v) is 9.99. The van der Waals surface area contributed by atoms with Crippen molar-refractivity contribution in [3.8, 4) is 0 Å². The monoisotopic (exact) mass is 694 g/mol. The molecule has 1 amide bonds. The fraction of sp³-hybridized carbons (Fsp3) is 0.385. The molecule has 264 valence electrons. The van der Waals surface area contributed by atoms with Crippen molar-refractivity contribution in [2.75, 3.05) is 57.4 Å². The first kappa shape index (κ1) is 33.1. The minimum atomic E-state index is -0.683. The number of benzene rings is 3. The molecule has 6 aromatic rings. The second kappa shape index (κ2) is 12.6. The van der Waals surface area contributed by atoms with Crippen LogP contribution in [0.15, 0.2) is 62.7 Å². The average Bonchev–Trinajstić information content (AvgIpc) is 3.66. The van der Waals surface area contributed by atoms with E-state index in [9.17, 15) is 19.2 Å². The van der Waals surface area contributed by atoms with Crippen LogP contribution in [0.5, 0.6) is 0 Å². The second-order valence-corrected chi connectivity index (χ2v) is 14.6. The van der Waals surface area contributed by atoms with Gasteiger partial charge in [-0.3, -0.25) is 24.1 Å². The second-order valence-electron chi connectivity index (χ2n) is 14.6. The van der Waals surface area contributed by atoms with Gasteiger partial charge in [-0.1, -0.05) is 24.3 Å². The molecular formula is C39H39FN4O7. The molecule has 4 aromatic carbocycles. The third kappa shape index (κ3) is 5.95. The van der Waals surface area contributed by atoms with E-state index in [2.05, 4.69) is 10.2 Å². The summed E-state index contributed by atoms with van der Waals surface area (Å²) < 4.78 is 35.6. The highest BCUT2D eigenvalue weighted by Gasteiger charge is 2.32. The Morgan fingerprint density at radius 3 is 2.49 bits per heavy atom. The maximum atomic E-state index is 16.4. The van der Waals surface area contributed by atoms with E-state index in [1.54, 1.807) is 16.5 Å². The number of rotatable bonds is 7. The zero-order valence-electron chi connectivity index (χ0n) is 28.8. The summed E-state index contributed by atoms with van der Waals surface area (Å²) >= 11 is 0. The van der Waals surface area contributed by atoms with E-state index >= 15 is 4.39 Å². The highest BCUT2D eigenvalue weighted by Crippen LogP contribution is 2.39. The predicted molar refractivity (Wildman–Crippen MR) is 194 cm³/mol. The maximum absolute atomic E-state index is 16.4. The summed E-state index contributed by atoms with van der Waals surface area (Å²) in [6.45, 7) is 9.96. The number of hydrogen-bond acceptors (Lipinski definition) is 9. The molecule has 2 saturated heterocycles. The third-order valence-electron chi connectivity index (χ3n) is 9.99. The molecule has 2 aliphatic rings. The van der Waals surface area contributed by atoms with Gasteiger partial charge in [-0.2, -0.15) is 0 Å². The van der Waals surface area contributed by atoms with Crippen molar-refractivity contribution in [1.29, 1.82) is 0 Å². The molecular weight excluding hydrogens is 655 g/mol. The Morgan fingerprint density at radius 2 is 1.73 bits per heavy atom. The highest BCUT2D eigenvalue weighted by molar-refractivity contribution is 6.15. The first-order valence-electron chi connectivity index (χ1n) is 17.4. The van der Waals surface area contributed by atoms with Gasteiger partial charge in [-0.05, 0) is 62.1 Å². The molecule has 11 nitrogen and oxygen atoms in total. The number of nitrogens with one attached hydrogen (secondary N) is 1. The van der Waals surface area contributed by atoms with Gasteiger partial charge in [0, 0.05) is 56.2 Å². The number of esters is 1. The van der Waals surface area contributed by atoms with Gasteiger partial charge in [-0.25, -0.2) is 4.39 Å². The Morgan fingerprint density at radius 1 is 0.961 bits per heavy atom. The number of morpholine rings is 1. The lowest BCUT2D eigenvalue weighted by Crippen LogP contribution is -2.42. The fourth-order valence-corrected chi connectivity index (χ4v) is 7.65. The first-order chi connectivity index (χ1) is 24.5.